The molecule has 0 spiro atoms. The molecule has 4 heterocycles. The zero-order valence-electron chi connectivity index (χ0n) is 12.4. The lowest BCUT2D eigenvalue weighted by molar-refractivity contribution is 0.0361. The highest BCUT2D eigenvalue weighted by molar-refractivity contribution is 5.91. The van der Waals surface area contributed by atoms with Crippen molar-refractivity contribution >= 4 is 11.9 Å². The molecule has 7 nitrogen and oxygen atoms in total. The first kappa shape index (κ1) is 14.9. The van der Waals surface area contributed by atoms with Gasteiger partial charge in [0.1, 0.15) is 24.6 Å². The highest BCUT2D eigenvalue weighted by Gasteiger charge is 2.19. The van der Waals surface area contributed by atoms with Crippen LogP contribution < -0.4 is 0 Å². The lowest BCUT2D eigenvalue weighted by atomic mass is 10.3. The number of hydrogen-bond donors (Lipinski definition) is 0. The van der Waals surface area contributed by atoms with Crippen LogP contribution >= 0.6 is 0 Å². The van der Waals surface area contributed by atoms with Gasteiger partial charge in [-0.15, -0.1) is 0 Å². The van der Waals surface area contributed by atoms with E-state index in [0.29, 0.717) is 26.3 Å². The molecule has 1 fully saturated rings. The smallest absolute Gasteiger partial charge is 0.356 e. The Balaban J connectivity index is 1.75. The zero-order chi connectivity index (χ0) is 15.4. The van der Waals surface area contributed by atoms with Crippen molar-refractivity contribution in [1.29, 1.82) is 0 Å². The maximum Gasteiger partial charge on any atom is 0.356 e. The number of hydrogen-bond acceptors (Lipinski definition) is 7. The molecule has 1 aromatic heterocycles. The van der Waals surface area contributed by atoms with Crippen molar-refractivity contribution in [3.05, 3.63) is 29.6 Å². The van der Waals surface area contributed by atoms with Crippen LogP contribution in [0.25, 0.3) is 0 Å². The van der Waals surface area contributed by atoms with Crippen LogP contribution in [0, 0.1) is 0 Å². The summed E-state index contributed by atoms with van der Waals surface area (Å²) in [6.45, 7) is 5.80. The molecule has 0 N–H and O–H groups in total. The number of carbonyl (C=O) groups is 2. The molecule has 0 radical (unpaired) electrons. The molecule has 0 aromatic carbocycles. The van der Waals surface area contributed by atoms with Gasteiger partial charge in [-0.05, 0) is 12.1 Å². The van der Waals surface area contributed by atoms with Crippen LogP contribution in [0.5, 0.6) is 0 Å². The average molecular weight is 305 g/mol. The summed E-state index contributed by atoms with van der Waals surface area (Å²) < 4.78 is 10.5. The van der Waals surface area contributed by atoms with Crippen molar-refractivity contribution < 1.29 is 19.1 Å². The van der Waals surface area contributed by atoms with Crippen molar-refractivity contribution in [3.63, 3.8) is 0 Å². The van der Waals surface area contributed by atoms with Crippen LogP contribution in [-0.2, 0) is 9.47 Å². The Morgan fingerprint density at radius 2 is 1.23 bits per heavy atom. The van der Waals surface area contributed by atoms with Crippen LogP contribution in [0.15, 0.2) is 18.2 Å². The summed E-state index contributed by atoms with van der Waals surface area (Å²) in [6, 6.07) is 4.68. The van der Waals surface area contributed by atoms with Gasteiger partial charge in [0.25, 0.3) is 0 Å². The van der Waals surface area contributed by atoms with Gasteiger partial charge in [-0.3, -0.25) is 9.80 Å². The zero-order valence-corrected chi connectivity index (χ0v) is 12.4. The minimum absolute atomic E-state index is 0.132. The lowest BCUT2D eigenvalue weighted by Crippen LogP contribution is -2.48. The number of rotatable bonds is 0. The Hall–Kier alpha value is -1.99. The molecule has 3 aliphatic rings. The summed E-state index contributed by atoms with van der Waals surface area (Å²) in [4.78, 5) is 32.5. The standard InChI is InChI=1S/C15H19N3O4/c19-14-12-2-1-3-13(16-12)15(20)22-11-9-18-6-4-17(5-7-18)8-10-21-14/h1-3H,4-11H2. The van der Waals surface area contributed by atoms with Crippen molar-refractivity contribution in [2.24, 2.45) is 0 Å². The van der Waals surface area contributed by atoms with Gasteiger partial charge in [0.15, 0.2) is 0 Å². The van der Waals surface area contributed by atoms with E-state index in [1.807, 2.05) is 0 Å². The van der Waals surface area contributed by atoms with Crippen molar-refractivity contribution in [3.8, 4) is 0 Å². The van der Waals surface area contributed by atoms with Crippen LogP contribution in [-0.4, -0.2) is 79.2 Å². The molecule has 1 saturated heterocycles. The lowest BCUT2D eigenvalue weighted by Gasteiger charge is -2.34. The summed E-state index contributed by atoms with van der Waals surface area (Å²) in [6.07, 6.45) is 0. The number of pyridine rings is 1. The van der Waals surface area contributed by atoms with Gasteiger partial charge in [0.05, 0.1) is 0 Å². The van der Waals surface area contributed by atoms with E-state index in [-0.39, 0.29) is 11.4 Å². The number of piperazine rings is 1. The van der Waals surface area contributed by atoms with Crippen LogP contribution in [0.1, 0.15) is 21.0 Å². The summed E-state index contributed by atoms with van der Waals surface area (Å²) in [5, 5.41) is 0. The Labute approximate surface area is 128 Å². The molecule has 0 aliphatic carbocycles. The number of esters is 2. The third kappa shape index (κ3) is 3.61. The van der Waals surface area contributed by atoms with Crippen LogP contribution in [0.3, 0.4) is 0 Å². The Bertz CT molecular complexity index is 510. The number of carbonyl (C=O) groups excluding carboxylic acids is 2. The first-order chi connectivity index (χ1) is 10.7. The Morgan fingerprint density at radius 3 is 1.68 bits per heavy atom. The van der Waals surface area contributed by atoms with E-state index in [4.69, 9.17) is 9.47 Å². The van der Waals surface area contributed by atoms with Gasteiger partial charge in [-0.25, -0.2) is 14.6 Å². The van der Waals surface area contributed by atoms with Crippen molar-refractivity contribution in [2.75, 3.05) is 52.5 Å². The predicted octanol–water partition coefficient (Wildman–Crippen LogP) is 0.0264. The molecule has 4 rings (SSSR count). The van der Waals surface area contributed by atoms with E-state index in [1.165, 1.54) is 12.1 Å². The monoisotopic (exact) mass is 305 g/mol. The molecule has 118 valence electrons. The molecule has 4 bridgehead atoms. The second-order valence-electron chi connectivity index (χ2n) is 5.36. The summed E-state index contributed by atoms with van der Waals surface area (Å²) in [7, 11) is 0. The summed E-state index contributed by atoms with van der Waals surface area (Å²) in [5.74, 6) is -1.02. The maximum atomic E-state index is 12.0. The molecular formula is C15H19N3O4. The molecule has 3 aliphatic heterocycles. The third-order valence-corrected chi connectivity index (χ3v) is 3.91. The van der Waals surface area contributed by atoms with Gasteiger partial charge >= 0.3 is 11.9 Å². The third-order valence-electron chi connectivity index (χ3n) is 3.91. The van der Waals surface area contributed by atoms with E-state index in [2.05, 4.69) is 14.8 Å². The normalized spacial score (nSPS) is 26.5. The number of nitrogens with zero attached hydrogens (tertiary/aromatic N) is 3. The average Bonchev–Trinajstić information content (AvgIpc) is 2.56. The van der Waals surface area contributed by atoms with E-state index in [1.54, 1.807) is 6.07 Å². The highest BCUT2D eigenvalue weighted by Crippen LogP contribution is 2.06. The molecule has 7 heteroatoms. The second kappa shape index (κ2) is 6.85. The van der Waals surface area contributed by atoms with E-state index < -0.39 is 11.9 Å². The Kier molecular flexibility index (Phi) is 4.65. The number of ether oxygens (including phenoxy) is 2. The van der Waals surface area contributed by atoms with Gasteiger partial charge in [0, 0.05) is 39.3 Å². The number of fused-ring (bicyclic) bond motifs is 8. The number of aromatic nitrogens is 1. The summed E-state index contributed by atoms with van der Waals surface area (Å²) >= 11 is 0. The molecule has 0 atom stereocenters. The van der Waals surface area contributed by atoms with Crippen molar-refractivity contribution in [1.82, 2.24) is 14.8 Å². The van der Waals surface area contributed by atoms with Gasteiger partial charge in [0.2, 0.25) is 0 Å². The highest BCUT2D eigenvalue weighted by atomic mass is 16.5. The quantitative estimate of drug-likeness (QED) is 0.626. The fourth-order valence-electron chi connectivity index (χ4n) is 2.58. The maximum absolute atomic E-state index is 12.0. The topological polar surface area (TPSA) is 72.0 Å². The van der Waals surface area contributed by atoms with Gasteiger partial charge in [-0.1, -0.05) is 6.07 Å². The minimum Gasteiger partial charge on any atom is -0.460 e. The predicted molar refractivity (Wildman–Crippen MR) is 77.7 cm³/mol. The second-order valence-corrected chi connectivity index (χ2v) is 5.36. The largest absolute Gasteiger partial charge is 0.460 e. The molecule has 0 amide bonds. The van der Waals surface area contributed by atoms with E-state index in [0.717, 1.165) is 26.2 Å². The molecule has 1 aromatic rings. The van der Waals surface area contributed by atoms with Gasteiger partial charge < -0.3 is 9.47 Å². The van der Waals surface area contributed by atoms with Crippen LogP contribution in [0.4, 0.5) is 0 Å². The molecule has 0 unspecified atom stereocenters. The molecule has 0 saturated carbocycles. The Morgan fingerprint density at radius 1 is 0.773 bits per heavy atom. The molecular weight excluding hydrogens is 286 g/mol. The van der Waals surface area contributed by atoms with Gasteiger partial charge in [-0.2, -0.15) is 0 Å². The van der Waals surface area contributed by atoms with E-state index >= 15 is 0 Å². The fourth-order valence-corrected chi connectivity index (χ4v) is 2.58. The minimum atomic E-state index is -0.511. The first-order valence-corrected chi connectivity index (χ1v) is 7.48. The SMILES string of the molecule is O=C1OCCN2CCN(CCOC(=O)c3cccc1n3)CC2. The summed E-state index contributed by atoms with van der Waals surface area (Å²) in [5.41, 5.74) is 0.264. The fraction of sp³-hybridized carbons (Fsp3) is 0.533. The molecule has 22 heavy (non-hydrogen) atoms. The van der Waals surface area contributed by atoms with Crippen LogP contribution in [0.2, 0.25) is 0 Å². The first-order valence-electron chi connectivity index (χ1n) is 7.48. The van der Waals surface area contributed by atoms with Crippen molar-refractivity contribution in [2.45, 2.75) is 0 Å². The van der Waals surface area contributed by atoms with E-state index in [9.17, 15) is 9.59 Å².